The van der Waals surface area contributed by atoms with E-state index >= 15 is 0 Å². The number of nitrogens with one attached hydrogen (secondary N) is 2. The van der Waals surface area contributed by atoms with Gasteiger partial charge in [0.05, 0.1) is 12.7 Å². The van der Waals surface area contributed by atoms with Crippen molar-refractivity contribution in [3.05, 3.63) is 54.2 Å². The van der Waals surface area contributed by atoms with Crippen molar-refractivity contribution in [2.45, 2.75) is 0 Å². The van der Waals surface area contributed by atoms with Crippen LogP contribution in [0.3, 0.4) is 0 Å². The molecule has 1 aliphatic heterocycles. The number of rotatable bonds is 3. The lowest BCUT2D eigenvalue weighted by Gasteiger charge is -2.06. The minimum atomic E-state index is -0.151. The van der Waals surface area contributed by atoms with Gasteiger partial charge in [-0.15, -0.1) is 0 Å². The Morgan fingerprint density at radius 2 is 2.05 bits per heavy atom. The maximum Gasteiger partial charge on any atom is 0.257 e. The Morgan fingerprint density at radius 3 is 2.81 bits per heavy atom. The molecule has 0 spiro atoms. The molecular weight excluding hydrogens is 268 g/mol. The van der Waals surface area contributed by atoms with Crippen molar-refractivity contribution in [2.75, 3.05) is 17.7 Å². The van der Waals surface area contributed by atoms with E-state index in [0.29, 0.717) is 17.0 Å². The third-order valence-electron chi connectivity index (χ3n) is 3.27. The van der Waals surface area contributed by atoms with Crippen LogP contribution in [0.4, 0.5) is 11.4 Å². The molecule has 1 heterocycles. The van der Waals surface area contributed by atoms with E-state index in [2.05, 4.69) is 10.6 Å². The quantitative estimate of drug-likeness (QED) is 0.757. The van der Waals surface area contributed by atoms with Gasteiger partial charge in [-0.25, -0.2) is 0 Å². The first-order chi connectivity index (χ1) is 10.2. The van der Waals surface area contributed by atoms with Crippen LogP contribution in [-0.2, 0) is 4.79 Å². The first-order valence-electron chi connectivity index (χ1n) is 6.43. The van der Waals surface area contributed by atoms with Crippen molar-refractivity contribution in [3.8, 4) is 11.5 Å². The lowest BCUT2D eigenvalue weighted by Crippen LogP contribution is -2.05. The fourth-order valence-corrected chi connectivity index (χ4v) is 2.22. The molecule has 0 saturated heterocycles. The van der Waals surface area contributed by atoms with Crippen molar-refractivity contribution in [2.24, 2.45) is 0 Å². The van der Waals surface area contributed by atoms with Crippen LogP contribution in [0, 0.1) is 0 Å². The van der Waals surface area contributed by atoms with Gasteiger partial charge in [0, 0.05) is 29.2 Å². The molecule has 21 heavy (non-hydrogen) atoms. The van der Waals surface area contributed by atoms with E-state index in [1.54, 1.807) is 18.3 Å². The fourth-order valence-electron chi connectivity index (χ4n) is 2.22. The molecule has 3 rings (SSSR count). The van der Waals surface area contributed by atoms with E-state index in [0.717, 1.165) is 11.3 Å². The summed E-state index contributed by atoms with van der Waals surface area (Å²) in [4.78, 5) is 11.9. The van der Waals surface area contributed by atoms with Crippen LogP contribution in [0.5, 0.6) is 11.5 Å². The van der Waals surface area contributed by atoms with Gasteiger partial charge < -0.3 is 20.5 Å². The zero-order chi connectivity index (χ0) is 14.8. The number of carbonyl (C=O) groups is 1. The van der Waals surface area contributed by atoms with Crippen LogP contribution in [-0.4, -0.2) is 18.1 Å². The molecule has 1 aliphatic rings. The first-order valence-corrected chi connectivity index (χ1v) is 6.43. The smallest absolute Gasteiger partial charge is 0.257 e. The molecule has 0 aromatic heterocycles. The Labute approximate surface area is 121 Å². The van der Waals surface area contributed by atoms with E-state index in [-0.39, 0.29) is 11.7 Å². The molecule has 0 atom stereocenters. The van der Waals surface area contributed by atoms with Gasteiger partial charge in [0.25, 0.3) is 5.91 Å². The zero-order valence-electron chi connectivity index (χ0n) is 11.4. The van der Waals surface area contributed by atoms with E-state index in [1.807, 2.05) is 24.3 Å². The molecule has 0 saturated carbocycles. The summed E-state index contributed by atoms with van der Waals surface area (Å²) in [6, 6.07) is 12.4. The molecule has 5 heteroatoms. The number of para-hydroxylation sites is 1. The highest BCUT2D eigenvalue weighted by atomic mass is 16.5. The highest BCUT2D eigenvalue weighted by Crippen LogP contribution is 2.32. The number of phenolic OH excluding ortho intramolecular Hbond substituents is 1. The van der Waals surface area contributed by atoms with Crippen molar-refractivity contribution in [1.29, 1.82) is 0 Å². The van der Waals surface area contributed by atoms with Crippen LogP contribution >= 0.6 is 0 Å². The van der Waals surface area contributed by atoms with Gasteiger partial charge in [-0.3, -0.25) is 4.79 Å². The summed E-state index contributed by atoms with van der Waals surface area (Å²) in [5, 5.41) is 15.5. The second-order valence-electron chi connectivity index (χ2n) is 4.59. The summed E-state index contributed by atoms with van der Waals surface area (Å²) in [5.74, 6) is 0.288. The maximum absolute atomic E-state index is 11.9. The summed E-state index contributed by atoms with van der Waals surface area (Å²) in [5.41, 5.74) is 2.87. The molecule has 2 aromatic carbocycles. The minimum Gasteiger partial charge on any atom is -0.504 e. The number of carbonyl (C=O) groups excluding carboxylic acids is 1. The number of hydrogen-bond donors (Lipinski definition) is 3. The monoisotopic (exact) mass is 282 g/mol. The molecule has 106 valence electrons. The molecule has 1 amide bonds. The molecule has 0 unspecified atom stereocenters. The van der Waals surface area contributed by atoms with Gasteiger partial charge >= 0.3 is 0 Å². The standard InChI is InChI=1S/C16H14N2O3/c1-21-15-7-6-10(8-14(15)19)17-9-12-11-4-2-3-5-13(11)18-16(12)20/h2-9,17,19H,1H3,(H,18,20). The third kappa shape index (κ3) is 2.41. The third-order valence-corrected chi connectivity index (χ3v) is 3.27. The summed E-state index contributed by atoms with van der Waals surface area (Å²) >= 11 is 0. The van der Waals surface area contributed by atoms with Gasteiger partial charge in [-0.2, -0.15) is 0 Å². The lowest BCUT2D eigenvalue weighted by molar-refractivity contribution is -0.110. The van der Waals surface area contributed by atoms with Crippen LogP contribution in [0.25, 0.3) is 5.57 Å². The number of benzene rings is 2. The van der Waals surface area contributed by atoms with Gasteiger partial charge in [-0.1, -0.05) is 18.2 Å². The Hall–Kier alpha value is -2.95. The van der Waals surface area contributed by atoms with E-state index in [1.165, 1.54) is 13.2 Å². The molecule has 0 fully saturated rings. The number of fused-ring (bicyclic) bond motifs is 1. The van der Waals surface area contributed by atoms with E-state index in [9.17, 15) is 9.90 Å². The number of ether oxygens (including phenoxy) is 1. The fraction of sp³-hybridized carbons (Fsp3) is 0.0625. The normalized spacial score (nSPS) is 14.7. The van der Waals surface area contributed by atoms with Crippen LogP contribution < -0.4 is 15.4 Å². The van der Waals surface area contributed by atoms with Gasteiger partial charge in [0.2, 0.25) is 0 Å². The largest absolute Gasteiger partial charge is 0.504 e. The molecule has 0 aliphatic carbocycles. The van der Waals surface area contributed by atoms with Crippen molar-refractivity contribution in [1.82, 2.24) is 0 Å². The molecule has 2 aromatic rings. The Balaban J connectivity index is 1.86. The first kappa shape index (κ1) is 13.1. The Kier molecular flexibility index (Phi) is 3.23. The van der Waals surface area contributed by atoms with Crippen molar-refractivity contribution < 1.29 is 14.6 Å². The average molecular weight is 282 g/mol. The molecule has 0 bridgehead atoms. The number of aromatic hydroxyl groups is 1. The zero-order valence-corrected chi connectivity index (χ0v) is 11.4. The molecular formula is C16H14N2O3. The topological polar surface area (TPSA) is 70.6 Å². The van der Waals surface area contributed by atoms with Crippen molar-refractivity contribution >= 4 is 22.9 Å². The number of methoxy groups -OCH3 is 1. The maximum atomic E-state index is 11.9. The van der Waals surface area contributed by atoms with E-state index in [4.69, 9.17) is 4.74 Å². The number of anilines is 2. The second kappa shape index (κ2) is 5.20. The number of phenols is 1. The molecule has 5 nitrogen and oxygen atoms in total. The summed E-state index contributed by atoms with van der Waals surface area (Å²) in [6.07, 6.45) is 1.63. The summed E-state index contributed by atoms with van der Waals surface area (Å²) < 4.78 is 4.98. The van der Waals surface area contributed by atoms with Crippen molar-refractivity contribution in [3.63, 3.8) is 0 Å². The average Bonchev–Trinajstić information content (AvgIpc) is 2.81. The lowest BCUT2D eigenvalue weighted by atomic mass is 10.1. The van der Waals surface area contributed by atoms with Crippen LogP contribution in [0.15, 0.2) is 48.7 Å². The highest BCUT2D eigenvalue weighted by molar-refractivity contribution is 6.31. The van der Waals surface area contributed by atoms with Gasteiger partial charge in [0.15, 0.2) is 11.5 Å². The highest BCUT2D eigenvalue weighted by Gasteiger charge is 2.23. The SMILES string of the molecule is COc1ccc(NC=C2C(=O)Nc3ccccc32)cc1O. The molecule has 3 N–H and O–H groups in total. The van der Waals surface area contributed by atoms with E-state index < -0.39 is 0 Å². The predicted octanol–water partition coefficient (Wildman–Crippen LogP) is 2.81. The molecule has 0 radical (unpaired) electrons. The Bertz CT molecular complexity index is 738. The number of hydrogen-bond acceptors (Lipinski definition) is 4. The van der Waals surface area contributed by atoms with Gasteiger partial charge in [-0.05, 0) is 18.2 Å². The van der Waals surface area contributed by atoms with Gasteiger partial charge in [0.1, 0.15) is 0 Å². The summed E-state index contributed by atoms with van der Waals surface area (Å²) in [6.45, 7) is 0. The number of amides is 1. The predicted molar refractivity (Wildman–Crippen MR) is 81.3 cm³/mol. The second-order valence-corrected chi connectivity index (χ2v) is 4.59. The Morgan fingerprint density at radius 1 is 1.24 bits per heavy atom. The van der Waals surface area contributed by atoms with Crippen LogP contribution in [0.2, 0.25) is 0 Å². The minimum absolute atomic E-state index is 0.0390. The van der Waals surface area contributed by atoms with Crippen LogP contribution in [0.1, 0.15) is 5.56 Å². The summed E-state index contributed by atoms with van der Waals surface area (Å²) in [7, 11) is 1.49.